The topological polar surface area (TPSA) is 20.2 Å². The molecular weight excluding hydrogens is 239 g/mol. The van der Waals surface area contributed by atoms with E-state index in [1.165, 1.54) is 12.1 Å². The Hall–Kier alpha value is -1.38. The molecule has 2 rings (SSSR count). The van der Waals surface area contributed by atoms with Crippen LogP contribution in [0.1, 0.15) is 18.1 Å². The molecule has 0 radical (unpaired) electrons. The average Bonchev–Trinajstić information content (AvgIpc) is 2.30. The van der Waals surface area contributed by atoms with Gasteiger partial charge in [-0.3, -0.25) is 0 Å². The first-order valence-corrected chi connectivity index (χ1v) is 5.62. The zero-order valence-electron chi connectivity index (χ0n) is 9.32. The van der Waals surface area contributed by atoms with Gasteiger partial charge in [0.05, 0.1) is 0 Å². The van der Waals surface area contributed by atoms with Gasteiger partial charge in [0.2, 0.25) is 0 Å². The van der Waals surface area contributed by atoms with Crippen LogP contribution in [0.15, 0.2) is 48.5 Å². The summed E-state index contributed by atoms with van der Waals surface area (Å²) < 4.78 is 12.8. The minimum atomic E-state index is -1.15. The van der Waals surface area contributed by atoms with Crippen LogP contribution in [-0.2, 0) is 5.60 Å². The molecule has 88 valence electrons. The monoisotopic (exact) mass is 250 g/mol. The fourth-order valence-electron chi connectivity index (χ4n) is 1.72. The Labute approximate surface area is 104 Å². The van der Waals surface area contributed by atoms with Crippen molar-refractivity contribution in [1.82, 2.24) is 0 Å². The highest BCUT2D eigenvalue weighted by molar-refractivity contribution is 6.30. The van der Waals surface area contributed by atoms with Gasteiger partial charge in [0.25, 0.3) is 0 Å². The van der Waals surface area contributed by atoms with Crippen molar-refractivity contribution in [2.24, 2.45) is 0 Å². The standard InChI is InChI=1S/C14H12ClFO/c1-14(17,10-2-6-12(15)7-3-10)11-4-8-13(16)9-5-11/h2-9,17H,1H3/t14-/m0/s1. The Morgan fingerprint density at radius 2 is 1.35 bits per heavy atom. The van der Waals surface area contributed by atoms with E-state index in [1.54, 1.807) is 43.3 Å². The lowest BCUT2D eigenvalue weighted by molar-refractivity contribution is 0.102. The van der Waals surface area contributed by atoms with E-state index in [9.17, 15) is 9.50 Å². The van der Waals surface area contributed by atoms with Crippen LogP contribution in [-0.4, -0.2) is 5.11 Å². The number of hydrogen-bond donors (Lipinski definition) is 1. The molecule has 0 heterocycles. The predicted octanol–water partition coefficient (Wildman–Crippen LogP) is 3.73. The molecule has 0 saturated heterocycles. The zero-order valence-corrected chi connectivity index (χ0v) is 10.1. The maximum atomic E-state index is 12.8. The summed E-state index contributed by atoms with van der Waals surface area (Å²) in [7, 11) is 0. The summed E-state index contributed by atoms with van der Waals surface area (Å²) in [5.74, 6) is -0.319. The minimum absolute atomic E-state index is 0.319. The molecular formula is C14H12ClFO. The lowest BCUT2D eigenvalue weighted by atomic mass is 9.88. The molecule has 2 aromatic rings. The molecule has 17 heavy (non-hydrogen) atoms. The normalized spacial score (nSPS) is 14.4. The maximum Gasteiger partial charge on any atom is 0.123 e. The van der Waals surface area contributed by atoms with E-state index in [0.29, 0.717) is 16.1 Å². The molecule has 0 saturated carbocycles. The van der Waals surface area contributed by atoms with Crippen molar-refractivity contribution in [2.45, 2.75) is 12.5 Å². The largest absolute Gasteiger partial charge is 0.381 e. The summed E-state index contributed by atoms with van der Waals surface area (Å²) in [4.78, 5) is 0. The predicted molar refractivity (Wildman–Crippen MR) is 66.5 cm³/mol. The number of halogens is 2. The van der Waals surface area contributed by atoms with Gasteiger partial charge in [-0.05, 0) is 42.3 Å². The van der Waals surface area contributed by atoms with E-state index >= 15 is 0 Å². The fourth-order valence-corrected chi connectivity index (χ4v) is 1.84. The van der Waals surface area contributed by atoms with Crippen LogP contribution in [0.3, 0.4) is 0 Å². The third-order valence-electron chi connectivity index (χ3n) is 2.81. The molecule has 0 aromatic heterocycles. The van der Waals surface area contributed by atoms with Crippen molar-refractivity contribution in [2.75, 3.05) is 0 Å². The maximum absolute atomic E-state index is 12.8. The van der Waals surface area contributed by atoms with E-state index in [2.05, 4.69) is 0 Å². The van der Waals surface area contributed by atoms with Crippen molar-refractivity contribution in [3.05, 3.63) is 70.5 Å². The third-order valence-corrected chi connectivity index (χ3v) is 3.06. The Morgan fingerprint density at radius 1 is 0.941 bits per heavy atom. The van der Waals surface area contributed by atoms with Crippen molar-refractivity contribution in [3.8, 4) is 0 Å². The van der Waals surface area contributed by atoms with Crippen LogP contribution in [0.4, 0.5) is 4.39 Å². The fraction of sp³-hybridized carbons (Fsp3) is 0.143. The molecule has 0 spiro atoms. The molecule has 1 atom stereocenters. The van der Waals surface area contributed by atoms with E-state index in [1.807, 2.05) is 0 Å². The molecule has 0 fully saturated rings. The Balaban J connectivity index is 2.41. The second-order valence-electron chi connectivity index (χ2n) is 4.09. The van der Waals surface area contributed by atoms with Crippen molar-refractivity contribution in [1.29, 1.82) is 0 Å². The molecule has 0 aliphatic carbocycles. The molecule has 0 aliphatic heterocycles. The molecule has 2 aromatic carbocycles. The van der Waals surface area contributed by atoms with Crippen LogP contribution in [0.2, 0.25) is 5.02 Å². The molecule has 1 nitrogen and oxygen atoms in total. The zero-order chi connectivity index (χ0) is 12.5. The molecule has 0 amide bonds. The summed E-state index contributed by atoms with van der Waals surface area (Å²) in [6, 6.07) is 12.8. The quantitative estimate of drug-likeness (QED) is 0.861. The highest BCUT2D eigenvalue weighted by Gasteiger charge is 2.25. The van der Waals surface area contributed by atoms with Gasteiger partial charge in [0, 0.05) is 5.02 Å². The van der Waals surface area contributed by atoms with E-state index in [0.717, 1.165) is 0 Å². The van der Waals surface area contributed by atoms with Crippen LogP contribution in [0, 0.1) is 5.82 Å². The van der Waals surface area contributed by atoms with Gasteiger partial charge >= 0.3 is 0 Å². The lowest BCUT2D eigenvalue weighted by Gasteiger charge is -2.24. The summed E-state index contributed by atoms with van der Waals surface area (Å²) in [6.07, 6.45) is 0. The van der Waals surface area contributed by atoms with E-state index in [4.69, 9.17) is 11.6 Å². The Morgan fingerprint density at radius 3 is 1.82 bits per heavy atom. The summed E-state index contributed by atoms with van der Waals surface area (Å²) in [5.41, 5.74) is 0.202. The van der Waals surface area contributed by atoms with Crippen LogP contribution >= 0.6 is 11.6 Å². The van der Waals surface area contributed by atoms with Crippen molar-refractivity contribution in [3.63, 3.8) is 0 Å². The Bertz CT molecular complexity index is 455. The molecule has 0 unspecified atom stereocenters. The van der Waals surface area contributed by atoms with Crippen LogP contribution in [0.5, 0.6) is 0 Å². The second-order valence-corrected chi connectivity index (χ2v) is 4.52. The first kappa shape index (κ1) is 12.1. The molecule has 3 heteroatoms. The highest BCUT2D eigenvalue weighted by Crippen LogP contribution is 2.29. The van der Waals surface area contributed by atoms with Crippen LogP contribution < -0.4 is 0 Å². The molecule has 0 aliphatic rings. The summed E-state index contributed by atoms with van der Waals surface area (Å²) in [6.45, 7) is 1.67. The number of hydrogen-bond acceptors (Lipinski definition) is 1. The van der Waals surface area contributed by atoms with Gasteiger partial charge in [-0.25, -0.2) is 4.39 Å². The number of rotatable bonds is 2. The Kier molecular flexibility index (Phi) is 3.18. The average molecular weight is 251 g/mol. The number of benzene rings is 2. The molecule has 0 bridgehead atoms. The van der Waals surface area contributed by atoms with E-state index in [-0.39, 0.29) is 5.82 Å². The smallest absolute Gasteiger partial charge is 0.123 e. The number of aliphatic hydroxyl groups is 1. The SMILES string of the molecule is C[C@@](O)(c1ccc(F)cc1)c1ccc(Cl)cc1. The van der Waals surface area contributed by atoms with Crippen molar-refractivity contribution < 1.29 is 9.50 Å². The highest BCUT2D eigenvalue weighted by atomic mass is 35.5. The van der Waals surface area contributed by atoms with Gasteiger partial charge < -0.3 is 5.11 Å². The first-order chi connectivity index (χ1) is 8.00. The van der Waals surface area contributed by atoms with Crippen LogP contribution in [0.25, 0.3) is 0 Å². The summed E-state index contributed by atoms with van der Waals surface area (Å²) in [5, 5.41) is 11.1. The van der Waals surface area contributed by atoms with Crippen molar-refractivity contribution >= 4 is 11.6 Å². The molecule has 1 N–H and O–H groups in total. The van der Waals surface area contributed by atoms with Gasteiger partial charge in [0.1, 0.15) is 11.4 Å². The summed E-state index contributed by atoms with van der Waals surface area (Å²) >= 11 is 5.80. The first-order valence-electron chi connectivity index (χ1n) is 5.24. The van der Waals surface area contributed by atoms with Gasteiger partial charge in [-0.15, -0.1) is 0 Å². The van der Waals surface area contributed by atoms with Gasteiger partial charge in [-0.2, -0.15) is 0 Å². The second kappa shape index (κ2) is 4.47. The lowest BCUT2D eigenvalue weighted by Crippen LogP contribution is -2.22. The minimum Gasteiger partial charge on any atom is -0.381 e. The van der Waals surface area contributed by atoms with Gasteiger partial charge in [0.15, 0.2) is 0 Å². The third kappa shape index (κ3) is 2.48. The van der Waals surface area contributed by atoms with Gasteiger partial charge in [-0.1, -0.05) is 35.9 Å². The van der Waals surface area contributed by atoms with E-state index < -0.39 is 5.60 Å².